The monoisotopic (exact) mass is 476 g/mol. The van der Waals surface area contributed by atoms with Gasteiger partial charge in [-0.2, -0.15) is 18.3 Å². The lowest BCUT2D eigenvalue weighted by molar-refractivity contribution is -0.140. The van der Waals surface area contributed by atoms with Gasteiger partial charge in [0.05, 0.1) is 10.6 Å². The number of rotatable bonds is 4. The van der Waals surface area contributed by atoms with Crippen molar-refractivity contribution in [2.24, 2.45) is 0 Å². The SMILES string of the molecule is O=C(c1cc2c(C(F)(F)F)nn(-c3ccccc3)c2s1)N1CCN(Cc2cccs2)CC1. The molecule has 5 rings (SSSR count). The normalized spacial score (nSPS) is 15.5. The lowest BCUT2D eigenvalue weighted by Gasteiger charge is -2.34. The quantitative estimate of drug-likeness (QED) is 0.410. The molecule has 0 bridgehead atoms. The van der Waals surface area contributed by atoms with Gasteiger partial charge in [-0.1, -0.05) is 24.3 Å². The predicted molar refractivity (Wildman–Crippen MR) is 119 cm³/mol. The number of benzene rings is 1. The molecule has 1 fully saturated rings. The molecule has 0 unspecified atom stereocenters. The Morgan fingerprint density at radius 2 is 1.78 bits per heavy atom. The van der Waals surface area contributed by atoms with Crippen LogP contribution >= 0.6 is 22.7 Å². The van der Waals surface area contributed by atoms with Gasteiger partial charge in [-0.3, -0.25) is 9.69 Å². The number of hydrogen-bond donors (Lipinski definition) is 0. The number of alkyl halides is 3. The van der Waals surface area contributed by atoms with Crippen molar-refractivity contribution >= 4 is 38.8 Å². The van der Waals surface area contributed by atoms with E-state index in [1.54, 1.807) is 46.6 Å². The van der Waals surface area contributed by atoms with Gasteiger partial charge in [0.2, 0.25) is 0 Å². The third-order valence-electron chi connectivity index (χ3n) is 5.46. The first-order valence-corrected chi connectivity index (χ1v) is 11.8. The highest BCUT2D eigenvalue weighted by molar-refractivity contribution is 7.20. The summed E-state index contributed by atoms with van der Waals surface area (Å²) in [5.41, 5.74) is -0.441. The summed E-state index contributed by atoms with van der Waals surface area (Å²) in [5, 5.41) is 5.83. The molecule has 1 saturated heterocycles. The Balaban J connectivity index is 1.40. The Morgan fingerprint density at radius 1 is 1.03 bits per heavy atom. The largest absolute Gasteiger partial charge is 0.435 e. The van der Waals surface area contributed by atoms with Crippen LogP contribution in [0.2, 0.25) is 0 Å². The van der Waals surface area contributed by atoms with Gasteiger partial charge in [0.1, 0.15) is 4.83 Å². The number of nitrogens with zero attached hydrogens (tertiary/aromatic N) is 4. The molecule has 1 aromatic carbocycles. The van der Waals surface area contributed by atoms with E-state index in [4.69, 9.17) is 0 Å². The fourth-order valence-corrected chi connectivity index (χ4v) is 5.70. The molecule has 4 aromatic rings. The topological polar surface area (TPSA) is 41.4 Å². The summed E-state index contributed by atoms with van der Waals surface area (Å²) in [6.07, 6.45) is -4.60. The van der Waals surface area contributed by atoms with Crippen LogP contribution in [0.1, 0.15) is 20.2 Å². The molecule has 0 atom stereocenters. The van der Waals surface area contributed by atoms with Gasteiger partial charge in [-0.25, -0.2) is 4.68 Å². The van der Waals surface area contributed by atoms with Crippen LogP contribution in [0.4, 0.5) is 13.2 Å². The fraction of sp³-hybridized carbons (Fsp3) is 0.273. The molecular weight excluding hydrogens is 457 g/mol. The Bertz CT molecular complexity index is 1220. The van der Waals surface area contributed by atoms with E-state index in [2.05, 4.69) is 16.1 Å². The van der Waals surface area contributed by atoms with E-state index in [-0.39, 0.29) is 11.3 Å². The summed E-state index contributed by atoms with van der Waals surface area (Å²) < 4.78 is 42.2. The van der Waals surface area contributed by atoms with Crippen LogP contribution in [0.15, 0.2) is 53.9 Å². The van der Waals surface area contributed by atoms with Gasteiger partial charge in [0.15, 0.2) is 5.69 Å². The molecule has 0 N–H and O–H groups in total. The first-order chi connectivity index (χ1) is 15.4. The molecule has 5 nitrogen and oxygen atoms in total. The highest BCUT2D eigenvalue weighted by Crippen LogP contribution is 2.39. The van der Waals surface area contributed by atoms with Gasteiger partial charge >= 0.3 is 6.18 Å². The highest BCUT2D eigenvalue weighted by atomic mass is 32.1. The van der Waals surface area contributed by atoms with E-state index in [1.807, 2.05) is 11.4 Å². The molecule has 1 amide bonds. The van der Waals surface area contributed by atoms with Crippen LogP contribution in [-0.4, -0.2) is 51.7 Å². The summed E-state index contributed by atoms with van der Waals surface area (Å²) in [6, 6.07) is 14.1. The summed E-state index contributed by atoms with van der Waals surface area (Å²) in [5.74, 6) is -0.227. The number of carbonyl (C=O) groups excluding carboxylic acids is 1. The molecule has 0 saturated carbocycles. The van der Waals surface area contributed by atoms with Crippen molar-refractivity contribution in [2.45, 2.75) is 12.7 Å². The predicted octanol–water partition coefficient (Wildman–Crippen LogP) is 5.13. The van der Waals surface area contributed by atoms with E-state index in [9.17, 15) is 18.0 Å². The number of fused-ring (bicyclic) bond motifs is 1. The number of carbonyl (C=O) groups is 1. The van der Waals surface area contributed by atoms with Crippen molar-refractivity contribution in [3.05, 3.63) is 69.4 Å². The van der Waals surface area contributed by atoms with E-state index in [0.717, 1.165) is 31.0 Å². The second kappa shape index (κ2) is 8.34. The maximum Gasteiger partial charge on any atom is 0.435 e. The van der Waals surface area contributed by atoms with Gasteiger partial charge < -0.3 is 4.90 Å². The minimum Gasteiger partial charge on any atom is -0.335 e. The van der Waals surface area contributed by atoms with Crippen molar-refractivity contribution < 1.29 is 18.0 Å². The zero-order valence-electron chi connectivity index (χ0n) is 16.9. The average molecular weight is 477 g/mol. The minimum atomic E-state index is -4.60. The fourth-order valence-electron chi connectivity index (χ4n) is 3.85. The van der Waals surface area contributed by atoms with Crippen molar-refractivity contribution in [3.8, 4) is 5.69 Å². The van der Waals surface area contributed by atoms with E-state index < -0.39 is 11.9 Å². The molecule has 166 valence electrons. The van der Waals surface area contributed by atoms with Crippen LogP contribution < -0.4 is 0 Å². The molecule has 1 aliphatic heterocycles. The molecule has 3 aromatic heterocycles. The van der Waals surface area contributed by atoms with Crippen molar-refractivity contribution in [3.63, 3.8) is 0 Å². The molecule has 32 heavy (non-hydrogen) atoms. The number of halogens is 3. The number of piperazine rings is 1. The smallest absolute Gasteiger partial charge is 0.335 e. The van der Waals surface area contributed by atoms with Crippen LogP contribution in [0.3, 0.4) is 0 Å². The zero-order chi connectivity index (χ0) is 22.3. The number of hydrogen-bond acceptors (Lipinski definition) is 5. The number of para-hydroxylation sites is 1. The molecule has 4 heterocycles. The third-order valence-corrected chi connectivity index (χ3v) is 7.42. The van der Waals surface area contributed by atoms with Gasteiger partial charge in [0.25, 0.3) is 5.91 Å². The lowest BCUT2D eigenvalue weighted by atomic mass is 10.2. The van der Waals surface area contributed by atoms with E-state index in [1.165, 1.54) is 15.6 Å². The van der Waals surface area contributed by atoms with E-state index in [0.29, 0.717) is 28.5 Å². The molecule has 1 aliphatic rings. The van der Waals surface area contributed by atoms with Crippen LogP contribution in [0, 0.1) is 0 Å². The summed E-state index contributed by atoms with van der Waals surface area (Å²) >= 11 is 2.77. The second-order valence-corrected chi connectivity index (χ2v) is 9.63. The number of amides is 1. The Labute approximate surface area is 190 Å². The molecule has 0 spiro atoms. The molecule has 10 heteroatoms. The standard InChI is InChI=1S/C22H19F3N4OS2/c23-22(24,25)19-17-13-18(32-21(17)29(26-19)15-5-2-1-3-6-15)20(30)28-10-8-27(9-11-28)14-16-7-4-12-31-16/h1-7,12-13H,8-11,14H2. The maximum absolute atomic E-state index is 13.6. The zero-order valence-corrected chi connectivity index (χ0v) is 18.5. The van der Waals surface area contributed by atoms with Gasteiger partial charge in [0, 0.05) is 43.0 Å². The average Bonchev–Trinajstić information content (AvgIpc) is 3.50. The number of thiophene rings is 2. The van der Waals surface area contributed by atoms with Gasteiger partial charge in [-0.05, 0) is 29.6 Å². The maximum atomic E-state index is 13.6. The van der Waals surface area contributed by atoms with Crippen LogP contribution in [0.5, 0.6) is 0 Å². The van der Waals surface area contributed by atoms with Crippen LogP contribution in [-0.2, 0) is 12.7 Å². The summed E-state index contributed by atoms with van der Waals surface area (Å²) in [7, 11) is 0. The molecular formula is C22H19F3N4OS2. The minimum absolute atomic E-state index is 0.0361. The van der Waals surface area contributed by atoms with E-state index >= 15 is 0 Å². The third kappa shape index (κ3) is 4.05. The first kappa shape index (κ1) is 21.2. The Kier molecular flexibility index (Phi) is 5.52. The van der Waals surface area contributed by atoms with Gasteiger partial charge in [-0.15, -0.1) is 22.7 Å². The molecule has 0 radical (unpaired) electrons. The summed E-state index contributed by atoms with van der Waals surface area (Å²) in [4.78, 5) is 19.0. The first-order valence-electron chi connectivity index (χ1n) is 10.1. The lowest BCUT2D eigenvalue weighted by Crippen LogP contribution is -2.48. The molecule has 0 aliphatic carbocycles. The highest BCUT2D eigenvalue weighted by Gasteiger charge is 2.38. The van der Waals surface area contributed by atoms with Crippen molar-refractivity contribution in [1.29, 1.82) is 0 Å². The van der Waals surface area contributed by atoms with Crippen molar-refractivity contribution in [2.75, 3.05) is 26.2 Å². The van der Waals surface area contributed by atoms with Crippen LogP contribution in [0.25, 0.3) is 15.9 Å². The second-order valence-electron chi connectivity index (χ2n) is 7.57. The van der Waals surface area contributed by atoms with Crippen molar-refractivity contribution in [1.82, 2.24) is 19.6 Å². The summed E-state index contributed by atoms with van der Waals surface area (Å²) in [6.45, 7) is 3.43. The Morgan fingerprint density at radius 3 is 2.44 bits per heavy atom. The Hall–Kier alpha value is -2.69. The number of aromatic nitrogens is 2.